The maximum Gasteiger partial charge on any atom is 0.338 e. The number of unbranched alkanes of at least 4 members (excludes halogenated alkanes) is 6. The Morgan fingerprint density at radius 1 is 1.03 bits per heavy atom. The standard InChI is InChI=1S/C23H34N2O3S/c1-4-6-7-8-9-10-11-16-28-19-14-12-18(13-15-19)21-20(22(26)27-5-2)17(3)24-23(29)25-21/h12-15,21H,4-11,16H2,1-3H3,(H2,24,25,29). The lowest BCUT2D eigenvalue weighted by Crippen LogP contribution is -2.45. The summed E-state index contributed by atoms with van der Waals surface area (Å²) in [6.45, 7) is 6.94. The predicted octanol–water partition coefficient (Wildman–Crippen LogP) is 5.17. The van der Waals surface area contributed by atoms with E-state index in [4.69, 9.17) is 21.7 Å². The molecular weight excluding hydrogens is 384 g/mol. The SMILES string of the molecule is CCCCCCCCCOc1ccc(C2NC(=S)NC(C)=C2C(=O)OCC)cc1. The fourth-order valence-corrected chi connectivity index (χ4v) is 3.70. The van der Waals surface area contributed by atoms with Crippen LogP contribution in [0.3, 0.4) is 0 Å². The summed E-state index contributed by atoms with van der Waals surface area (Å²) in [7, 11) is 0. The first-order chi connectivity index (χ1) is 14.1. The van der Waals surface area contributed by atoms with E-state index in [1.807, 2.05) is 31.2 Å². The zero-order valence-electron chi connectivity index (χ0n) is 17.9. The number of carbonyl (C=O) groups excluding carboxylic acids is 1. The number of benzene rings is 1. The van der Waals surface area contributed by atoms with Crippen LogP contribution in [-0.2, 0) is 9.53 Å². The third-order valence-electron chi connectivity index (χ3n) is 4.99. The van der Waals surface area contributed by atoms with E-state index in [2.05, 4.69) is 17.6 Å². The fourth-order valence-electron chi connectivity index (χ4n) is 3.43. The van der Waals surface area contributed by atoms with Crippen molar-refractivity contribution < 1.29 is 14.3 Å². The van der Waals surface area contributed by atoms with Gasteiger partial charge in [0, 0.05) is 5.70 Å². The lowest BCUT2D eigenvalue weighted by molar-refractivity contribution is -0.139. The molecule has 0 bridgehead atoms. The van der Waals surface area contributed by atoms with Gasteiger partial charge in [0.25, 0.3) is 0 Å². The summed E-state index contributed by atoms with van der Waals surface area (Å²) >= 11 is 5.27. The normalized spacial score (nSPS) is 16.2. The smallest absolute Gasteiger partial charge is 0.338 e. The second kappa shape index (κ2) is 12.5. The highest BCUT2D eigenvalue weighted by atomic mass is 32.1. The van der Waals surface area contributed by atoms with E-state index in [-0.39, 0.29) is 12.0 Å². The third kappa shape index (κ3) is 7.35. The zero-order valence-corrected chi connectivity index (χ0v) is 18.7. The molecule has 1 aliphatic heterocycles. The first-order valence-electron chi connectivity index (χ1n) is 10.7. The van der Waals surface area contributed by atoms with Crippen LogP contribution < -0.4 is 15.4 Å². The molecule has 29 heavy (non-hydrogen) atoms. The number of nitrogens with one attached hydrogen (secondary N) is 2. The highest BCUT2D eigenvalue weighted by Crippen LogP contribution is 2.29. The van der Waals surface area contributed by atoms with E-state index >= 15 is 0 Å². The molecule has 0 aliphatic carbocycles. The Morgan fingerprint density at radius 3 is 2.34 bits per heavy atom. The maximum atomic E-state index is 12.4. The molecule has 0 radical (unpaired) electrons. The Hall–Kier alpha value is -2.08. The van der Waals surface area contributed by atoms with Crippen molar-refractivity contribution in [1.82, 2.24) is 10.6 Å². The first-order valence-corrected chi connectivity index (χ1v) is 11.2. The summed E-state index contributed by atoms with van der Waals surface area (Å²) < 4.78 is 11.1. The average Bonchev–Trinajstić information content (AvgIpc) is 2.70. The summed E-state index contributed by atoms with van der Waals surface area (Å²) in [5.41, 5.74) is 2.22. The molecule has 1 heterocycles. The van der Waals surface area contributed by atoms with Crippen molar-refractivity contribution in [2.75, 3.05) is 13.2 Å². The molecule has 1 aromatic rings. The van der Waals surface area contributed by atoms with Crippen LogP contribution in [0.4, 0.5) is 0 Å². The molecule has 1 aliphatic rings. The Morgan fingerprint density at radius 2 is 1.69 bits per heavy atom. The van der Waals surface area contributed by atoms with Gasteiger partial charge in [0.05, 0.1) is 24.8 Å². The van der Waals surface area contributed by atoms with E-state index < -0.39 is 0 Å². The molecule has 160 valence electrons. The molecule has 0 saturated heterocycles. The van der Waals surface area contributed by atoms with Crippen LogP contribution >= 0.6 is 12.2 Å². The van der Waals surface area contributed by atoms with E-state index in [0.717, 1.165) is 30.0 Å². The first kappa shape index (κ1) is 23.2. The largest absolute Gasteiger partial charge is 0.494 e. The van der Waals surface area contributed by atoms with E-state index in [9.17, 15) is 4.79 Å². The quantitative estimate of drug-likeness (QED) is 0.277. The number of ether oxygens (including phenoxy) is 2. The van der Waals surface area contributed by atoms with Gasteiger partial charge in [-0.3, -0.25) is 0 Å². The lowest BCUT2D eigenvalue weighted by atomic mass is 9.95. The van der Waals surface area contributed by atoms with Gasteiger partial charge < -0.3 is 20.1 Å². The topological polar surface area (TPSA) is 59.6 Å². The molecule has 2 rings (SSSR count). The van der Waals surface area contributed by atoms with Gasteiger partial charge in [-0.1, -0.05) is 57.6 Å². The summed E-state index contributed by atoms with van der Waals surface area (Å²) in [6.07, 6.45) is 8.86. The number of hydrogen-bond donors (Lipinski definition) is 2. The number of rotatable bonds is 12. The number of carbonyl (C=O) groups is 1. The van der Waals surface area contributed by atoms with Gasteiger partial charge in [-0.25, -0.2) is 4.79 Å². The molecule has 6 heteroatoms. The molecule has 1 atom stereocenters. The molecule has 0 fully saturated rings. The van der Waals surface area contributed by atoms with Crippen molar-refractivity contribution in [3.05, 3.63) is 41.1 Å². The predicted molar refractivity (Wildman–Crippen MR) is 121 cm³/mol. The van der Waals surface area contributed by atoms with Crippen molar-refractivity contribution in [3.63, 3.8) is 0 Å². The van der Waals surface area contributed by atoms with Gasteiger partial charge in [-0.05, 0) is 50.2 Å². The van der Waals surface area contributed by atoms with Crippen LogP contribution in [0, 0.1) is 0 Å². The van der Waals surface area contributed by atoms with Gasteiger partial charge in [0.15, 0.2) is 5.11 Å². The van der Waals surface area contributed by atoms with E-state index in [0.29, 0.717) is 17.3 Å². The van der Waals surface area contributed by atoms with Crippen LogP contribution in [0.2, 0.25) is 0 Å². The monoisotopic (exact) mass is 418 g/mol. The molecule has 0 spiro atoms. The number of allylic oxidation sites excluding steroid dienone is 1. The van der Waals surface area contributed by atoms with Crippen LogP contribution in [0.15, 0.2) is 35.5 Å². The van der Waals surface area contributed by atoms with Crippen molar-refractivity contribution >= 4 is 23.3 Å². The second-order valence-electron chi connectivity index (χ2n) is 7.33. The third-order valence-corrected chi connectivity index (χ3v) is 5.21. The molecular formula is C23H34N2O3S. The molecule has 2 N–H and O–H groups in total. The van der Waals surface area contributed by atoms with E-state index in [1.54, 1.807) is 6.92 Å². The maximum absolute atomic E-state index is 12.4. The molecule has 0 aromatic heterocycles. The molecule has 1 aromatic carbocycles. The van der Waals surface area contributed by atoms with Crippen molar-refractivity contribution in [3.8, 4) is 5.75 Å². The molecule has 0 amide bonds. The highest BCUT2D eigenvalue weighted by Gasteiger charge is 2.30. The van der Waals surface area contributed by atoms with Crippen LogP contribution in [0.1, 0.15) is 77.3 Å². The summed E-state index contributed by atoms with van der Waals surface area (Å²) in [5, 5.41) is 6.68. The van der Waals surface area contributed by atoms with Gasteiger partial charge in [-0.15, -0.1) is 0 Å². The van der Waals surface area contributed by atoms with Crippen molar-refractivity contribution in [1.29, 1.82) is 0 Å². The Bertz CT molecular complexity index is 701. The van der Waals surface area contributed by atoms with Gasteiger partial charge in [0.2, 0.25) is 0 Å². The summed E-state index contributed by atoms with van der Waals surface area (Å²) in [4.78, 5) is 12.4. The second-order valence-corrected chi connectivity index (χ2v) is 7.74. The number of esters is 1. The molecule has 5 nitrogen and oxygen atoms in total. The fraction of sp³-hybridized carbons (Fsp3) is 0.565. The minimum Gasteiger partial charge on any atom is -0.494 e. The van der Waals surface area contributed by atoms with Crippen molar-refractivity contribution in [2.45, 2.75) is 71.8 Å². The van der Waals surface area contributed by atoms with Gasteiger partial charge in [0.1, 0.15) is 5.75 Å². The van der Waals surface area contributed by atoms with E-state index in [1.165, 1.54) is 38.5 Å². The Labute approximate surface area is 180 Å². The zero-order chi connectivity index (χ0) is 21.1. The van der Waals surface area contributed by atoms with Gasteiger partial charge >= 0.3 is 5.97 Å². The van der Waals surface area contributed by atoms with Crippen molar-refractivity contribution in [2.24, 2.45) is 0 Å². The van der Waals surface area contributed by atoms with Gasteiger partial charge in [-0.2, -0.15) is 0 Å². The van der Waals surface area contributed by atoms with Crippen LogP contribution in [-0.4, -0.2) is 24.3 Å². The minimum absolute atomic E-state index is 0.332. The number of hydrogen-bond acceptors (Lipinski definition) is 4. The van der Waals surface area contributed by atoms with Crippen LogP contribution in [0.25, 0.3) is 0 Å². The highest BCUT2D eigenvalue weighted by molar-refractivity contribution is 7.80. The average molecular weight is 419 g/mol. The molecule has 0 saturated carbocycles. The molecule has 1 unspecified atom stereocenters. The van der Waals surface area contributed by atoms with Crippen LogP contribution in [0.5, 0.6) is 5.75 Å². The number of thiocarbonyl (C=S) groups is 1. The lowest BCUT2D eigenvalue weighted by Gasteiger charge is -2.29. The minimum atomic E-state index is -0.336. The summed E-state index contributed by atoms with van der Waals surface area (Å²) in [6, 6.07) is 7.50. The Kier molecular flexibility index (Phi) is 9.98. The summed E-state index contributed by atoms with van der Waals surface area (Å²) in [5.74, 6) is 0.506. The Balaban J connectivity index is 1.90.